The first kappa shape index (κ1) is 12.0. The van der Waals surface area contributed by atoms with Gasteiger partial charge in [0.05, 0.1) is 0 Å². The molecule has 0 aliphatic heterocycles. The quantitative estimate of drug-likeness (QED) is 0.849. The third kappa shape index (κ3) is 2.82. The first-order valence-corrected chi connectivity index (χ1v) is 5.50. The smallest absolute Gasteiger partial charge is 0.328 e. The fourth-order valence-electron chi connectivity index (χ4n) is 1.37. The molecular formula is C11H13N5O2. The lowest BCUT2D eigenvalue weighted by Gasteiger charge is -2.04. The standard InChI is InChI=1S/C11H13N5O2/c1-3-12-9-6-8(4-5-13-9)10(17)15-11-14-7(2)16-18-11/h4-6H,3H2,1-2H3,(H,12,13)(H,14,15,16,17). The van der Waals surface area contributed by atoms with Crippen molar-refractivity contribution < 1.29 is 9.32 Å². The van der Waals surface area contributed by atoms with Crippen LogP contribution in [0.1, 0.15) is 23.1 Å². The average Bonchev–Trinajstić information content (AvgIpc) is 2.75. The predicted octanol–water partition coefficient (Wildman–Crippen LogP) is 1.46. The number of pyridine rings is 1. The molecule has 0 radical (unpaired) electrons. The van der Waals surface area contributed by atoms with Gasteiger partial charge in [-0.25, -0.2) is 4.98 Å². The first-order valence-electron chi connectivity index (χ1n) is 5.50. The van der Waals surface area contributed by atoms with E-state index in [0.717, 1.165) is 6.54 Å². The summed E-state index contributed by atoms with van der Waals surface area (Å²) in [6, 6.07) is 3.35. The SMILES string of the molecule is CCNc1cc(C(=O)Nc2nc(C)no2)ccn1. The maximum Gasteiger partial charge on any atom is 0.328 e. The number of aryl methyl sites for hydroxylation is 1. The van der Waals surface area contributed by atoms with E-state index >= 15 is 0 Å². The number of nitrogens with zero attached hydrogens (tertiary/aromatic N) is 3. The Labute approximate surface area is 104 Å². The minimum Gasteiger partial charge on any atom is -0.370 e. The molecule has 2 aromatic rings. The Morgan fingerprint density at radius 1 is 1.50 bits per heavy atom. The fourth-order valence-corrected chi connectivity index (χ4v) is 1.37. The van der Waals surface area contributed by atoms with Crippen molar-refractivity contribution in [1.29, 1.82) is 0 Å². The van der Waals surface area contributed by atoms with Crippen LogP contribution in [0.15, 0.2) is 22.9 Å². The molecule has 18 heavy (non-hydrogen) atoms. The first-order chi connectivity index (χ1) is 8.69. The second kappa shape index (κ2) is 5.26. The highest BCUT2D eigenvalue weighted by Gasteiger charge is 2.10. The number of aromatic nitrogens is 3. The van der Waals surface area contributed by atoms with Crippen LogP contribution in [-0.4, -0.2) is 27.6 Å². The van der Waals surface area contributed by atoms with Gasteiger partial charge < -0.3 is 9.84 Å². The topological polar surface area (TPSA) is 92.9 Å². The molecule has 0 spiro atoms. The average molecular weight is 247 g/mol. The second-order valence-corrected chi connectivity index (χ2v) is 3.56. The van der Waals surface area contributed by atoms with Crippen LogP contribution >= 0.6 is 0 Å². The van der Waals surface area contributed by atoms with Gasteiger partial charge in [0.1, 0.15) is 5.82 Å². The summed E-state index contributed by atoms with van der Waals surface area (Å²) in [6.45, 7) is 4.37. The number of hydrogen-bond donors (Lipinski definition) is 2. The molecule has 0 aliphatic carbocycles. The van der Waals surface area contributed by atoms with Crippen LogP contribution < -0.4 is 10.6 Å². The number of carbonyl (C=O) groups excluding carboxylic acids is 1. The molecule has 7 nitrogen and oxygen atoms in total. The normalized spacial score (nSPS) is 10.1. The van der Waals surface area contributed by atoms with Gasteiger partial charge in [0.15, 0.2) is 5.82 Å². The van der Waals surface area contributed by atoms with E-state index in [-0.39, 0.29) is 11.9 Å². The van der Waals surface area contributed by atoms with Gasteiger partial charge in [-0.3, -0.25) is 10.1 Å². The molecule has 7 heteroatoms. The molecular weight excluding hydrogens is 234 g/mol. The van der Waals surface area contributed by atoms with Gasteiger partial charge in [0, 0.05) is 18.3 Å². The summed E-state index contributed by atoms with van der Waals surface area (Å²) in [4.78, 5) is 19.9. The maximum absolute atomic E-state index is 11.9. The predicted molar refractivity (Wildman–Crippen MR) is 65.4 cm³/mol. The van der Waals surface area contributed by atoms with Crippen molar-refractivity contribution in [2.45, 2.75) is 13.8 Å². The van der Waals surface area contributed by atoms with Crippen molar-refractivity contribution in [1.82, 2.24) is 15.1 Å². The van der Waals surface area contributed by atoms with Gasteiger partial charge in [-0.2, -0.15) is 4.98 Å². The van der Waals surface area contributed by atoms with E-state index in [1.165, 1.54) is 0 Å². The number of rotatable bonds is 4. The third-order valence-corrected chi connectivity index (χ3v) is 2.13. The highest BCUT2D eigenvalue weighted by atomic mass is 16.5. The van der Waals surface area contributed by atoms with Crippen LogP contribution in [0.5, 0.6) is 0 Å². The summed E-state index contributed by atoms with van der Waals surface area (Å²) in [7, 11) is 0. The Bertz CT molecular complexity index is 552. The second-order valence-electron chi connectivity index (χ2n) is 3.56. The van der Waals surface area contributed by atoms with E-state index in [1.54, 1.807) is 25.3 Å². The third-order valence-electron chi connectivity index (χ3n) is 2.13. The summed E-state index contributed by atoms with van der Waals surface area (Å²) in [5, 5.41) is 9.13. The van der Waals surface area contributed by atoms with Crippen molar-refractivity contribution in [3.8, 4) is 0 Å². The molecule has 2 N–H and O–H groups in total. The van der Waals surface area contributed by atoms with Crippen LogP contribution in [0, 0.1) is 6.92 Å². The zero-order valence-electron chi connectivity index (χ0n) is 10.1. The van der Waals surface area contributed by atoms with Crippen LogP contribution in [0.4, 0.5) is 11.8 Å². The Morgan fingerprint density at radius 3 is 3.00 bits per heavy atom. The Kier molecular flexibility index (Phi) is 3.52. The Balaban J connectivity index is 2.11. The monoisotopic (exact) mass is 247 g/mol. The van der Waals surface area contributed by atoms with E-state index in [9.17, 15) is 4.79 Å². The maximum atomic E-state index is 11.9. The molecule has 0 atom stereocenters. The van der Waals surface area contributed by atoms with E-state index < -0.39 is 0 Å². The largest absolute Gasteiger partial charge is 0.370 e. The molecule has 0 fully saturated rings. The van der Waals surface area contributed by atoms with Gasteiger partial charge in [-0.05, 0) is 26.0 Å². The number of hydrogen-bond acceptors (Lipinski definition) is 6. The minimum absolute atomic E-state index is 0.0827. The molecule has 2 aromatic heterocycles. The number of nitrogens with one attached hydrogen (secondary N) is 2. The van der Waals surface area contributed by atoms with Crippen molar-refractivity contribution >= 4 is 17.7 Å². The summed E-state index contributed by atoms with van der Waals surface area (Å²) in [5.41, 5.74) is 0.469. The fraction of sp³-hybridized carbons (Fsp3) is 0.273. The van der Waals surface area contributed by atoms with Crippen molar-refractivity contribution in [2.75, 3.05) is 17.2 Å². The molecule has 2 heterocycles. The van der Waals surface area contributed by atoms with Gasteiger partial charge in [0.25, 0.3) is 5.91 Å². The van der Waals surface area contributed by atoms with E-state index in [0.29, 0.717) is 17.2 Å². The molecule has 0 unspecified atom stereocenters. The van der Waals surface area contributed by atoms with Crippen LogP contribution in [-0.2, 0) is 0 Å². The number of amides is 1. The van der Waals surface area contributed by atoms with Gasteiger partial charge in [0.2, 0.25) is 0 Å². The molecule has 0 bridgehead atoms. The van der Waals surface area contributed by atoms with Crippen molar-refractivity contribution in [3.63, 3.8) is 0 Å². The van der Waals surface area contributed by atoms with Gasteiger partial charge in [-0.1, -0.05) is 5.16 Å². The minimum atomic E-state index is -0.319. The van der Waals surface area contributed by atoms with E-state index in [2.05, 4.69) is 25.8 Å². The zero-order valence-corrected chi connectivity index (χ0v) is 10.1. The van der Waals surface area contributed by atoms with E-state index in [4.69, 9.17) is 4.52 Å². The van der Waals surface area contributed by atoms with Gasteiger partial charge in [-0.15, -0.1) is 0 Å². The molecule has 1 amide bonds. The van der Waals surface area contributed by atoms with Crippen molar-refractivity contribution in [2.24, 2.45) is 0 Å². The van der Waals surface area contributed by atoms with E-state index in [1.807, 2.05) is 6.92 Å². The lowest BCUT2D eigenvalue weighted by molar-refractivity contribution is 0.102. The summed E-state index contributed by atoms with van der Waals surface area (Å²) in [5.74, 6) is 0.792. The van der Waals surface area contributed by atoms with Crippen LogP contribution in [0.25, 0.3) is 0 Å². The lowest BCUT2D eigenvalue weighted by atomic mass is 10.2. The molecule has 94 valence electrons. The zero-order chi connectivity index (χ0) is 13.0. The molecule has 0 aromatic carbocycles. The highest BCUT2D eigenvalue weighted by molar-refractivity contribution is 6.03. The number of carbonyl (C=O) groups is 1. The Morgan fingerprint density at radius 2 is 2.33 bits per heavy atom. The van der Waals surface area contributed by atoms with Crippen LogP contribution in [0.3, 0.4) is 0 Å². The van der Waals surface area contributed by atoms with Crippen LogP contribution in [0.2, 0.25) is 0 Å². The highest BCUT2D eigenvalue weighted by Crippen LogP contribution is 2.09. The van der Waals surface area contributed by atoms with Gasteiger partial charge >= 0.3 is 6.01 Å². The molecule has 0 saturated carbocycles. The summed E-state index contributed by atoms with van der Waals surface area (Å²) < 4.78 is 4.81. The molecule has 0 aliphatic rings. The molecule has 0 saturated heterocycles. The molecule has 2 rings (SSSR count). The summed E-state index contributed by atoms with van der Waals surface area (Å²) >= 11 is 0. The summed E-state index contributed by atoms with van der Waals surface area (Å²) in [6.07, 6.45) is 1.56. The number of anilines is 2. The van der Waals surface area contributed by atoms with Crippen molar-refractivity contribution in [3.05, 3.63) is 29.7 Å². The lowest BCUT2D eigenvalue weighted by Crippen LogP contribution is -2.13. The Hall–Kier alpha value is -2.44.